The predicted molar refractivity (Wildman–Crippen MR) is 115 cm³/mol. The zero-order valence-corrected chi connectivity index (χ0v) is 16.6. The van der Waals surface area contributed by atoms with Crippen LogP contribution in [0.1, 0.15) is 40.5 Å². The van der Waals surface area contributed by atoms with Gasteiger partial charge in [0.25, 0.3) is 5.91 Å². The number of hydrogen-bond donors (Lipinski definition) is 2. The summed E-state index contributed by atoms with van der Waals surface area (Å²) in [6.07, 6.45) is 3.44. The number of rotatable bonds is 5. The average molecular weight is 402 g/mol. The van der Waals surface area contributed by atoms with Crippen molar-refractivity contribution in [3.05, 3.63) is 70.9 Å². The topological polar surface area (TPSA) is 88.5 Å². The standard InChI is InChI=1S/C24H22N2O4/c1-2-25-21(28)14-30-24(29)22-18-5-3-4-6-20(18)26-23-16(9-12-19(22)23)13-15-7-10-17(27)11-8-15/h3-8,10-11,13,27H,2,9,12,14H2,1H3,(H,25,28). The Balaban J connectivity index is 1.75. The van der Waals surface area contributed by atoms with Gasteiger partial charge >= 0.3 is 5.97 Å². The number of likely N-dealkylation sites (N-methyl/N-ethyl adjacent to an activating group) is 1. The van der Waals surface area contributed by atoms with Crippen LogP contribution in [0.25, 0.3) is 22.6 Å². The predicted octanol–water partition coefficient (Wildman–Crippen LogP) is 3.72. The fourth-order valence-corrected chi connectivity index (χ4v) is 3.74. The van der Waals surface area contributed by atoms with E-state index in [9.17, 15) is 14.7 Å². The minimum Gasteiger partial charge on any atom is -0.508 e. The Bertz CT molecular complexity index is 1150. The number of aromatic hydroxyl groups is 1. The van der Waals surface area contributed by atoms with E-state index in [2.05, 4.69) is 5.32 Å². The summed E-state index contributed by atoms with van der Waals surface area (Å²) < 4.78 is 5.32. The quantitative estimate of drug-likeness (QED) is 0.635. The van der Waals surface area contributed by atoms with E-state index < -0.39 is 5.97 Å². The Hall–Kier alpha value is -3.67. The molecule has 0 aliphatic heterocycles. The number of amides is 1. The number of allylic oxidation sites excluding steroid dienone is 1. The van der Waals surface area contributed by atoms with E-state index in [0.717, 1.165) is 34.2 Å². The number of carbonyl (C=O) groups is 2. The lowest BCUT2D eigenvalue weighted by molar-refractivity contribution is -0.124. The van der Waals surface area contributed by atoms with Gasteiger partial charge in [-0.05, 0) is 60.7 Å². The maximum Gasteiger partial charge on any atom is 0.339 e. The minimum absolute atomic E-state index is 0.213. The second kappa shape index (κ2) is 8.37. The molecule has 6 nitrogen and oxygen atoms in total. The van der Waals surface area contributed by atoms with Crippen molar-refractivity contribution in [2.45, 2.75) is 19.8 Å². The first-order valence-electron chi connectivity index (χ1n) is 9.92. The summed E-state index contributed by atoms with van der Waals surface area (Å²) in [5.41, 5.74) is 4.80. The third-order valence-electron chi connectivity index (χ3n) is 5.09. The summed E-state index contributed by atoms with van der Waals surface area (Å²) in [4.78, 5) is 29.5. The van der Waals surface area contributed by atoms with Crippen LogP contribution in [0.2, 0.25) is 0 Å². The molecule has 0 atom stereocenters. The molecule has 0 saturated carbocycles. The molecule has 3 aromatic rings. The van der Waals surface area contributed by atoms with Crippen molar-refractivity contribution in [2.24, 2.45) is 0 Å². The van der Waals surface area contributed by atoms with Crippen LogP contribution in [-0.4, -0.2) is 35.1 Å². The molecule has 1 heterocycles. The third kappa shape index (κ3) is 3.89. The first-order valence-corrected chi connectivity index (χ1v) is 9.92. The molecular weight excluding hydrogens is 380 g/mol. The Labute approximate surface area is 174 Å². The number of esters is 1. The van der Waals surface area contributed by atoms with E-state index in [0.29, 0.717) is 24.0 Å². The zero-order valence-electron chi connectivity index (χ0n) is 16.6. The molecule has 30 heavy (non-hydrogen) atoms. The van der Waals surface area contributed by atoms with Gasteiger partial charge in [-0.2, -0.15) is 0 Å². The lowest BCUT2D eigenvalue weighted by Gasteiger charge is -2.12. The largest absolute Gasteiger partial charge is 0.508 e. The maximum absolute atomic E-state index is 13.0. The number of nitrogens with one attached hydrogen (secondary N) is 1. The summed E-state index contributed by atoms with van der Waals surface area (Å²) in [6, 6.07) is 14.4. The van der Waals surface area contributed by atoms with E-state index in [4.69, 9.17) is 9.72 Å². The highest BCUT2D eigenvalue weighted by atomic mass is 16.5. The highest BCUT2D eigenvalue weighted by Gasteiger charge is 2.27. The van der Waals surface area contributed by atoms with Crippen LogP contribution >= 0.6 is 0 Å². The molecule has 1 amide bonds. The fourth-order valence-electron chi connectivity index (χ4n) is 3.74. The zero-order chi connectivity index (χ0) is 21.1. The van der Waals surface area contributed by atoms with Crippen molar-refractivity contribution in [2.75, 3.05) is 13.2 Å². The van der Waals surface area contributed by atoms with E-state index in [1.165, 1.54) is 0 Å². The van der Waals surface area contributed by atoms with E-state index in [-0.39, 0.29) is 18.3 Å². The second-order valence-corrected chi connectivity index (χ2v) is 7.12. The number of pyridine rings is 1. The van der Waals surface area contributed by atoms with Crippen LogP contribution in [0.15, 0.2) is 48.5 Å². The summed E-state index contributed by atoms with van der Waals surface area (Å²) in [5.74, 6) is -0.624. The molecule has 2 N–H and O–H groups in total. The summed E-state index contributed by atoms with van der Waals surface area (Å²) in [5, 5.41) is 12.9. The summed E-state index contributed by atoms with van der Waals surface area (Å²) in [6.45, 7) is 1.98. The number of phenolic OH excluding ortho intramolecular Hbond substituents is 1. The van der Waals surface area contributed by atoms with Crippen LogP contribution in [0, 0.1) is 0 Å². The van der Waals surface area contributed by atoms with Crippen molar-refractivity contribution >= 4 is 34.4 Å². The Morgan fingerprint density at radius 3 is 2.67 bits per heavy atom. The second-order valence-electron chi connectivity index (χ2n) is 7.12. The van der Waals surface area contributed by atoms with E-state index in [1.807, 2.05) is 49.4 Å². The molecule has 4 rings (SSSR count). The fraction of sp³-hybridized carbons (Fsp3) is 0.208. The first kappa shape index (κ1) is 19.6. The third-order valence-corrected chi connectivity index (χ3v) is 5.09. The minimum atomic E-state index is -0.512. The molecule has 0 unspecified atom stereocenters. The number of ether oxygens (including phenoxy) is 1. The number of aromatic nitrogens is 1. The molecule has 0 radical (unpaired) electrons. The Morgan fingerprint density at radius 2 is 1.90 bits per heavy atom. The lowest BCUT2D eigenvalue weighted by atomic mass is 10.0. The van der Waals surface area contributed by atoms with Crippen molar-refractivity contribution < 1.29 is 19.4 Å². The summed E-state index contributed by atoms with van der Waals surface area (Å²) in [7, 11) is 0. The molecule has 1 aromatic heterocycles. The van der Waals surface area contributed by atoms with E-state index >= 15 is 0 Å². The molecule has 0 bridgehead atoms. The van der Waals surface area contributed by atoms with Gasteiger partial charge < -0.3 is 15.2 Å². The van der Waals surface area contributed by atoms with Gasteiger partial charge in [0.2, 0.25) is 0 Å². The van der Waals surface area contributed by atoms with Crippen molar-refractivity contribution in [1.29, 1.82) is 0 Å². The van der Waals surface area contributed by atoms with Gasteiger partial charge in [0.1, 0.15) is 5.75 Å². The van der Waals surface area contributed by atoms with Crippen molar-refractivity contribution in [3.8, 4) is 5.75 Å². The molecule has 0 fully saturated rings. The van der Waals surface area contributed by atoms with Gasteiger partial charge in [-0.25, -0.2) is 9.78 Å². The lowest BCUT2D eigenvalue weighted by Crippen LogP contribution is -2.28. The molecule has 1 aliphatic carbocycles. The normalized spacial score (nSPS) is 14.0. The number of phenols is 1. The van der Waals surface area contributed by atoms with Gasteiger partial charge in [-0.1, -0.05) is 30.3 Å². The summed E-state index contributed by atoms with van der Waals surface area (Å²) >= 11 is 0. The molecule has 6 heteroatoms. The number of hydrogen-bond acceptors (Lipinski definition) is 5. The first-order chi connectivity index (χ1) is 14.6. The highest BCUT2D eigenvalue weighted by molar-refractivity contribution is 6.07. The van der Waals surface area contributed by atoms with Crippen LogP contribution in [0.5, 0.6) is 5.75 Å². The number of nitrogens with zero attached hydrogens (tertiary/aromatic N) is 1. The van der Waals surface area contributed by atoms with Crippen LogP contribution in [0.4, 0.5) is 0 Å². The van der Waals surface area contributed by atoms with Gasteiger partial charge in [0, 0.05) is 11.9 Å². The molecule has 0 saturated heterocycles. The highest BCUT2D eigenvalue weighted by Crippen LogP contribution is 2.37. The Morgan fingerprint density at radius 1 is 1.13 bits per heavy atom. The van der Waals surface area contributed by atoms with Crippen molar-refractivity contribution in [1.82, 2.24) is 10.3 Å². The van der Waals surface area contributed by atoms with Crippen LogP contribution in [0.3, 0.4) is 0 Å². The number of para-hydroxylation sites is 1. The maximum atomic E-state index is 13.0. The van der Waals surface area contributed by atoms with Gasteiger partial charge in [0.15, 0.2) is 6.61 Å². The van der Waals surface area contributed by atoms with Crippen molar-refractivity contribution in [3.63, 3.8) is 0 Å². The SMILES string of the molecule is CCNC(=O)COC(=O)c1c2c(nc3ccccc13)C(=Cc1ccc(O)cc1)CC2. The monoisotopic (exact) mass is 402 g/mol. The molecule has 2 aromatic carbocycles. The number of carbonyl (C=O) groups excluding carboxylic acids is 2. The molecular formula is C24H22N2O4. The number of benzene rings is 2. The smallest absolute Gasteiger partial charge is 0.339 e. The van der Waals surface area contributed by atoms with E-state index in [1.54, 1.807) is 12.1 Å². The molecule has 1 aliphatic rings. The molecule has 152 valence electrons. The molecule has 0 spiro atoms. The Kier molecular flexibility index (Phi) is 5.48. The van der Waals surface area contributed by atoms with Gasteiger partial charge in [0.05, 0.1) is 16.8 Å². The van der Waals surface area contributed by atoms with Crippen LogP contribution < -0.4 is 5.32 Å². The number of fused-ring (bicyclic) bond motifs is 2. The van der Waals surface area contributed by atoms with Crippen LogP contribution in [-0.2, 0) is 16.0 Å². The van der Waals surface area contributed by atoms with Gasteiger partial charge in [-0.15, -0.1) is 0 Å². The average Bonchev–Trinajstić information content (AvgIpc) is 3.14. The van der Waals surface area contributed by atoms with Gasteiger partial charge in [-0.3, -0.25) is 4.79 Å².